The lowest BCUT2D eigenvalue weighted by Gasteiger charge is -2.19. The van der Waals surface area contributed by atoms with Crippen molar-refractivity contribution in [3.8, 4) is 0 Å². The number of sulfone groups is 1. The number of aliphatic hydroxyl groups excluding tert-OH is 2. The first-order valence-corrected chi connectivity index (χ1v) is 7.38. The van der Waals surface area contributed by atoms with Gasteiger partial charge in [0.2, 0.25) is 0 Å². The number of ether oxygens (including phenoxy) is 1. The molecular weight excluding hydrogens is 272 g/mol. The van der Waals surface area contributed by atoms with Crippen molar-refractivity contribution in [2.75, 3.05) is 13.4 Å². The molecule has 1 rings (SSSR count). The van der Waals surface area contributed by atoms with Crippen LogP contribution >= 0.6 is 0 Å². The van der Waals surface area contributed by atoms with Crippen molar-refractivity contribution in [2.45, 2.75) is 23.5 Å². The summed E-state index contributed by atoms with van der Waals surface area (Å²) in [5, 5.41) is 19.7. The van der Waals surface area contributed by atoms with Gasteiger partial charge in [0.15, 0.2) is 9.84 Å². The monoisotopic (exact) mass is 288 g/mol. The molecule has 0 bridgehead atoms. The maximum atomic E-state index is 11.6. The van der Waals surface area contributed by atoms with Gasteiger partial charge in [0.25, 0.3) is 0 Å². The number of hydrogen-bond acceptors (Lipinski definition) is 6. The molecule has 0 saturated heterocycles. The largest absolute Gasteiger partial charge is 0.469 e. The quantitative estimate of drug-likeness (QED) is 0.742. The average molecular weight is 288 g/mol. The van der Waals surface area contributed by atoms with Crippen molar-refractivity contribution in [3.05, 3.63) is 29.8 Å². The fraction of sp³-hybridized carbons (Fsp3) is 0.417. The fourth-order valence-electron chi connectivity index (χ4n) is 1.64. The molecule has 2 atom stereocenters. The van der Waals surface area contributed by atoms with E-state index in [-0.39, 0.29) is 10.5 Å². The fourth-order valence-corrected chi connectivity index (χ4v) is 2.58. The summed E-state index contributed by atoms with van der Waals surface area (Å²) in [6.45, 7) is 0. The van der Waals surface area contributed by atoms with E-state index < -0.39 is 34.4 Å². The van der Waals surface area contributed by atoms with E-state index in [0.29, 0.717) is 0 Å². The van der Waals surface area contributed by atoms with Crippen LogP contribution < -0.4 is 0 Å². The Hall–Kier alpha value is -1.44. The third kappa shape index (κ3) is 4.02. The number of hydrogen-bond donors (Lipinski definition) is 2. The van der Waals surface area contributed by atoms with Gasteiger partial charge in [-0.25, -0.2) is 8.42 Å². The Bertz CT molecular complexity index is 551. The van der Waals surface area contributed by atoms with Gasteiger partial charge in [0, 0.05) is 11.8 Å². The van der Waals surface area contributed by atoms with Gasteiger partial charge >= 0.3 is 5.97 Å². The van der Waals surface area contributed by atoms with Gasteiger partial charge in [-0.15, -0.1) is 0 Å². The van der Waals surface area contributed by atoms with Crippen molar-refractivity contribution in [1.29, 1.82) is 0 Å². The summed E-state index contributed by atoms with van der Waals surface area (Å²) in [7, 11) is -2.37. The van der Waals surface area contributed by atoms with Crippen LogP contribution in [0, 0.1) is 0 Å². The van der Waals surface area contributed by atoms with Crippen LogP contribution in [0.2, 0.25) is 0 Å². The maximum Gasteiger partial charge on any atom is 0.308 e. The number of carbonyl (C=O) groups is 1. The molecule has 0 saturated carbocycles. The molecule has 2 unspecified atom stereocenters. The van der Waals surface area contributed by atoms with Gasteiger partial charge in [0.05, 0.1) is 24.5 Å². The first-order chi connectivity index (χ1) is 8.77. The van der Waals surface area contributed by atoms with Crippen LogP contribution in [-0.2, 0) is 19.4 Å². The van der Waals surface area contributed by atoms with Crippen molar-refractivity contribution < 1.29 is 28.2 Å². The van der Waals surface area contributed by atoms with Gasteiger partial charge in [-0.2, -0.15) is 0 Å². The van der Waals surface area contributed by atoms with E-state index in [1.165, 1.54) is 24.3 Å². The number of benzene rings is 1. The second-order valence-corrected chi connectivity index (χ2v) is 6.09. The van der Waals surface area contributed by atoms with Crippen LogP contribution in [0.1, 0.15) is 18.1 Å². The second kappa shape index (κ2) is 6.14. The van der Waals surface area contributed by atoms with E-state index >= 15 is 0 Å². The minimum atomic E-state index is -3.53. The Kier molecular flexibility index (Phi) is 5.04. The molecule has 2 N–H and O–H groups in total. The molecule has 0 aromatic heterocycles. The number of methoxy groups -OCH3 is 1. The third-order valence-corrected chi connectivity index (χ3v) is 3.78. The van der Waals surface area contributed by atoms with Crippen LogP contribution in [0.15, 0.2) is 29.2 Å². The molecule has 0 aliphatic rings. The first-order valence-electron chi connectivity index (χ1n) is 5.49. The van der Waals surface area contributed by atoms with Gasteiger partial charge in [-0.05, 0) is 6.07 Å². The summed E-state index contributed by atoms with van der Waals surface area (Å²) >= 11 is 0. The summed E-state index contributed by atoms with van der Waals surface area (Å²) < 4.78 is 27.5. The van der Waals surface area contributed by atoms with Crippen molar-refractivity contribution in [3.63, 3.8) is 0 Å². The zero-order valence-corrected chi connectivity index (χ0v) is 11.4. The van der Waals surface area contributed by atoms with Crippen LogP contribution in [0.25, 0.3) is 0 Å². The lowest BCUT2D eigenvalue weighted by Crippen LogP contribution is -2.24. The number of esters is 1. The topological polar surface area (TPSA) is 101 Å². The molecular formula is C12H16O6S. The third-order valence-electron chi connectivity index (χ3n) is 2.61. The molecule has 1 aromatic carbocycles. The molecule has 7 heteroatoms. The van der Waals surface area contributed by atoms with Gasteiger partial charge in [-0.3, -0.25) is 4.79 Å². The molecule has 6 nitrogen and oxygen atoms in total. The maximum absolute atomic E-state index is 11.6. The highest BCUT2D eigenvalue weighted by Crippen LogP contribution is 2.26. The molecule has 0 amide bonds. The minimum absolute atomic E-state index is 0.0569. The predicted molar refractivity (Wildman–Crippen MR) is 67.2 cm³/mol. The standard InChI is InChI=1S/C12H16O6S/c1-18-11(14)7-9(13)12(15)8-5-3-4-6-10(8)19(2,16)17/h3-6,9,12-13,15H,7H2,1-2H3. The lowest BCUT2D eigenvalue weighted by atomic mass is 10.0. The Morgan fingerprint density at radius 3 is 2.42 bits per heavy atom. The molecule has 0 radical (unpaired) electrons. The summed E-state index contributed by atoms with van der Waals surface area (Å²) in [6, 6.07) is 5.78. The number of aliphatic hydroxyl groups is 2. The van der Waals surface area contributed by atoms with E-state index in [2.05, 4.69) is 4.74 Å². The molecule has 106 valence electrons. The van der Waals surface area contributed by atoms with Gasteiger partial charge in [0.1, 0.15) is 6.10 Å². The molecule has 0 aliphatic heterocycles. The summed E-state index contributed by atoms with van der Waals surface area (Å²) in [4.78, 5) is 11.0. The van der Waals surface area contributed by atoms with Crippen LogP contribution in [0.4, 0.5) is 0 Å². The Balaban J connectivity index is 3.06. The van der Waals surface area contributed by atoms with Crippen LogP contribution in [0.5, 0.6) is 0 Å². The van der Waals surface area contributed by atoms with Crippen LogP contribution in [-0.4, -0.2) is 44.1 Å². The SMILES string of the molecule is COC(=O)CC(O)C(O)c1ccccc1S(C)(=O)=O. The second-order valence-electron chi connectivity index (χ2n) is 4.10. The van der Waals surface area contributed by atoms with Crippen molar-refractivity contribution in [2.24, 2.45) is 0 Å². The molecule has 0 aliphatic carbocycles. The van der Waals surface area contributed by atoms with Gasteiger partial charge in [-0.1, -0.05) is 18.2 Å². The molecule has 0 heterocycles. The molecule has 0 spiro atoms. The lowest BCUT2D eigenvalue weighted by molar-refractivity contribution is -0.144. The highest BCUT2D eigenvalue weighted by molar-refractivity contribution is 7.90. The first kappa shape index (κ1) is 15.6. The predicted octanol–water partition coefficient (Wildman–Crippen LogP) is 0.0475. The average Bonchev–Trinajstić information content (AvgIpc) is 2.36. The summed E-state index contributed by atoms with van der Waals surface area (Å²) in [6.07, 6.45) is -2.33. The van der Waals surface area contributed by atoms with Gasteiger partial charge < -0.3 is 14.9 Å². The Morgan fingerprint density at radius 1 is 1.32 bits per heavy atom. The Morgan fingerprint density at radius 2 is 1.89 bits per heavy atom. The zero-order chi connectivity index (χ0) is 14.6. The van der Waals surface area contributed by atoms with Crippen molar-refractivity contribution >= 4 is 15.8 Å². The van der Waals surface area contributed by atoms with E-state index in [9.17, 15) is 23.4 Å². The Labute approximate surface area is 111 Å². The summed E-state index contributed by atoms with van der Waals surface area (Å²) in [5.41, 5.74) is 0.0569. The summed E-state index contributed by atoms with van der Waals surface area (Å²) in [5.74, 6) is -0.691. The number of carbonyl (C=O) groups excluding carboxylic acids is 1. The minimum Gasteiger partial charge on any atom is -0.469 e. The highest BCUT2D eigenvalue weighted by atomic mass is 32.2. The highest BCUT2D eigenvalue weighted by Gasteiger charge is 2.26. The molecule has 0 fully saturated rings. The van der Waals surface area contributed by atoms with E-state index in [1.54, 1.807) is 0 Å². The smallest absolute Gasteiger partial charge is 0.308 e. The zero-order valence-electron chi connectivity index (χ0n) is 10.6. The van der Waals surface area contributed by atoms with Crippen LogP contribution in [0.3, 0.4) is 0 Å². The normalized spacial score (nSPS) is 14.7. The van der Waals surface area contributed by atoms with Crippen molar-refractivity contribution in [1.82, 2.24) is 0 Å². The molecule has 19 heavy (non-hydrogen) atoms. The number of rotatable bonds is 5. The molecule has 1 aromatic rings. The van der Waals surface area contributed by atoms with E-state index in [1.807, 2.05) is 0 Å². The van der Waals surface area contributed by atoms with E-state index in [4.69, 9.17) is 0 Å². The van der Waals surface area contributed by atoms with E-state index in [0.717, 1.165) is 13.4 Å².